The quantitative estimate of drug-likeness (QED) is 0.644. The Morgan fingerprint density at radius 2 is 1.47 bits per heavy atom. The number of fused-ring (bicyclic) bond motifs is 2. The summed E-state index contributed by atoms with van der Waals surface area (Å²) in [5, 5.41) is 0. The maximum atomic E-state index is 13.0. The Balaban J connectivity index is 1.21. The molecule has 0 saturated carbocycles. The van der Waals surface area contributed by atoms with E-state index in [4.69, 9.17) is 18.9 Å². The zero-order valence-corrected chi connectivity index (χ0v) is 18.0. The number of nitrogens with zero attached hydrogens (tertiary/aromatic N) is 2. The monoisotopic (exact) mass is 458 g/mol. The van der Waals surface area contributed by atoms with Gasteiger partial charge in [0, 0.05) is 38.3 Å². The molecule has 0 bridgehead atoms. The molecule has 1 fully saturated rings. The first-order valence-corrected chi connectivity index (χ1v) is 11.7. The molecule has 3 aliphatic rings. The summed E-state index contributed by atoms with van der Waals surface area (Å²) in [6.45, 7) is 2.10. The Morgan fingerprint density at radius 1 is 0.812 bits per heavy atom. The van der Waals surface area contributed by atoms with Crippen molar-refractivity contribution >= 4 is 22.0 Å². The Labute approximate surface area is 185 Å². The third kappa shape index (κ3) is 3.98. The molecular formula is C22H22N2O7S. The maximum absolute atomic E-state index is 13.0. The number of benzene rings is 2. The molecule has 5 rings (SSSR count). The van der Waals surface area contributed by atoms with Crippen molar-refractivity contribution in [2.75, 3.05) is 46.2 Å². The lowest BCUT2D eigenvalue weighted by atomic mass is 10.2. The van der Waals surface area contributed by atoms with Crippen LogP contribution in [0.2, 0.25) is 0 Å². The molecule has 0 spiro atoms. The molecule has 3 aliphatic heterocycles. The van der Waals surface area contributed by atoms with E-state index >= 15 is 0 Å². The third-order valence-corrected chi connectivity index (χ3v) is 7.41. The van der Waals surface area contributed by atoms with Crippen molar-refractivity contribution in [2.24, 2.45) is 0 Å². The van der Waals surface area contributed by atoms with Gasteiger partial charge in [0.15, 0.2) is 23.0 Å². The van der Waals surface area contributed by atoms with Crippen LogP contribution in [0.3, 0.4) is 0 Å². The van der Waals surface area contributed by atoms with E-state index in [9.17, 15) is 13.2 Å². The fraction of sp³-hybridized carbons (Fsp3) is 0.318. The van der Waals surface area contributed by atoms with Gasteiger partial charge in [0.2, 0.25) is 22.7 Å². The van der Waals surface area contributed by atoms with E-state index < -0.39 is 10.0 Å². The van der Waals surface area contributed by atoms with E-state index in [1.54, 1.807) is 23.1 Å². The zero-order chi connectivity index (χ0) is 22.1. The van der Waals surface area contributed by atoms with Gasteiger partial charge in [0.05, 0.1) is 4.90 Å². The van der Waals surface area contributed by atoms with Gasteiger partial charge in [0.1, 0.15) is 13.2 Å². The Morgan fingerprint density at radius 3 is 2.28 bits per heavy atom. The summed E-state index contributed by atoms with van der Waals surface area (Å²) in [6.07, 6.45) is 3.20. The van der Waals surface area contributed by atoms with Crippen LogP contribution in [0.1, 0.15) is 5.56 Å². The highest BCUT2D eigenvalue weighted by molar-refractivity contribution is 7.89. The second-order valence-corrected chi connectivity index (χ2v) is 9.42. The first kappa shape index (κ1) is 20.7. The van der Waals surface area contributed by atoms with Gasteiger partial charge in [-0.25, -0.2) is 8.42 Å². The minimum atomic E-state index is -3.69. The van der Waals surface area contributed by atoms with Crippen molar-refractivity contribution < 1.29 is 32.2 Å². The molecule has 0 N–H and O–H groups in total. The molecule has 1 saturated heterocycles. The van der Waals surface area contributed by atoms with Crippen LogP contribution in [0, 0.1) is 0 Å². The number of sulfonamides is 1. The number of carbonyl (C=O) groups is 1. The predicted molar refractivity (Wildman–Crippen MR) is 114 cm³/mol. The lowest BCUT2D eigenvalue weighted by molar-refractivity contribution is -0.127. The largest absolute Gasteiger partial charge is 0.486 e. The highest BCUT2D eigenvalue weighted by Gasteiger charge is 2.30. The Kier molecular flexibility index (Phi) is 5.40. The highest BCUT2D eigenvalue weighted by Crippen LogP contribution is 2.34. The summed E-state index contributed by atoms with van der Waals surface area (Å²) in [5.74, 6) is 2.14. The molecular weight excluding hydrogens is 436 g/mol. The van der Waals surface area contributed by atoms with E-state index in [1.165, 1.54) is 22.5 Å². The number of hydrogen-bond acceptors (Lipinski definition) is 7. The summed E-state index contributed by atoms with van der Waals surface area (Å²) in [5.41, 5.74) is 0.822. The van der Waals surface area contributed by atoms with Crippen LogP contribution in [0.25, 0.3) is 6.08 Å². The molecule has 3 heterocycles. The van der Waals surface area contributed by atoms with Gasteiger partial charge in [-0.1, -0.05) is 6.07 Å². The van der Waals surface area contributed by atoms with Crippen LogP contribution >= 0.6 is 0 Å². The SMILES string of the molecule is O=C(/C=C/c1ccc2c(c1)OCO2)N1CCN(S(=O)(=O)c2ccc3c(c2)OCCO3)CC1. The lowest BCUT2D eigenvalue weighted by Crippen LogP contribution is -2.50. The molecule has 10 heteroatoms. The molecule has 1 amide bonds. The van der Waals surface area contributed by atoms with Gasteiger partial charge in [-0.3, -0.25) is 4.79 Å². The van der Waals surface area contributed by atoms with Gasteiger partial charge in [-0.15, -0.1) is 0 Å². The number of rotatable bonds is 4. The molecule has 0 aliphatic carbocycles. The van der Waals surface area contributed by atoms with E-state index in [0.29, 0.717) is 49.3 Å². The van der Waals surface area contributed by atoms with Crippen LogP contribution in [0.15, 0.2) is 47.4 Å². The first-order valence-electron chi connectivity index (χ1n) is 10.3. The minimum absolute atomic E-state index is 0.157. The van der Waals surface area contributed by atoms with Crippen molar-refractivity contribution in [1.29, 1.82) is 0 Å². The number of ether oxygens (including phenoxy) is 4. The number of hydrogen-bond donors (Lipinski definition) is 0. The second-order valence-electron chi connectivity index (χ2n) is 7.48. The zero-order valence-electron chi connectivity index (χ0n) is 17.2. The molecule has 0 atom stereocenters. The third-order valence-electron chi connectivity index (χ3n) is 5.52. The van der Waals surface area contributed by atoms with E-state index in [0.717, 1.165) is 5.56 Å². The normalized spacial score (nSPS) is 18.2. The maximum Gasteiger partial charge on any atom is 0.246 e. The van der Waals surface area contributed by atoms with Gasteiger partial charge in [-0.05, 0) is 35.9 Å². The van der Waals surface area contributed by atoms with Crippen molar-refractivity contribution in [2.45, 2.75) is 4.90 Å². The number of carbonyl (C=O) groups excluding carboxylic acids is 1. The average Bonchev–Trinajstić information content (AvgIpc) is 3.30. The fourth-order valence-electron chi connectivity index (χ4n) is 3.77. The molecule has 0 unspecified atom stereocenters. The fourth-order valence-corrected chi connectivity index (χ4v) is 5.21. The van der Waals surface area contributed by atoms with Crippen molar-refractivity contribution in [1.82, 2.24) is 9.21 Å². The smallest absolute Gasteiger partial charge is 0.246 e. The predicted octanol–water partition coefficient (Wildman–Crippen LogP) is 1.73. The lowest BCUT2D eigenvalue weighted by Gasteiger charge is -2.33. The molecule has 0 radical (unpaired) electrons. The summed E-state index contributed by atoms with van der Waals surface area (Å²) >= 11 is 0. The van der Waals surface area contributed by atoms with Crippen LogP contribution in [-0.4, -0.2) is 69.7 Å². The standard InChI is InChI=1S/C22H22N2O7S/c25-22(6-2-16-1-4-19-20(13-16)31-15-30-19)23-7-9-24(10-8-23)32(26,27)17-3-5-18-21(14-17)29-12-11-28-18/h1-6,13-14H,7-12,15H2/b6-2+. The van der Waals surface area contributed by atoms with E-state index in [-0.39, 0.29) is 30.7 Å². The van der Waals surface area contributed by atoms with Gasteiger partial charge < -0.3 is 23.8 Å². The Bertz CT molecular complexity index is 1170. The van der Waals surface area contributed by atoms with Crippen LogP contribution in [0.4, 0.5) is 0 Å². The molecule has 2 aromatic rings. The molecule has 168 valence electrons. The Hall–Kier alpha value is -3.24. The number of piperazine rings is 1. The molecule has 2 aromatic carbocycles. The van der Waals surface area contributed by atoms with Crippen molar-refractivity contribution in [3.8, 4) is 23.0 Å². The summed E-state index contributed by atoms with van der Waals surface area (Å²) in [6, 6.07) is 10.1. The summed E-state index contributed by atoms with van der Waals surface area (Å²) in [4.78, 5) is 14.4. The molecule has 0 aromatic heterocycles. The van der Waals surface area contributed by atoms with Gasteiger partial charge in [-0.2, -0.15) is 4.31 Å². The van der Waals surface area contributed by atoms with E-state index in [1.807, 2.05) is 12.1 Å². The van der Waals surface area contributed by atoms with Gasteiger partial charge in [0.25, 0.3) is 0 Å². The topological polar surface area (TPSA) is 94.6 Å². The summed E-state index contributed by atoms with van der Waals surface area (Å²) < 4.78 is 49.1. The van der Waals surface area contributed by atoms with Crippen LogP contribution in [0.5, 0.6) is 23.0 Å². The second kappa shape index (κ2) is 8.36. The van der Waals surface area contributed by atoms with Crippen molar-refractivity contribution in [3.63, 3.8) is 0 Å². The van der Waals surface area contributed by atoms with Gasteiger partial charge >= 0.3 is 0 Å². The molecule has 32 heavy (non-hydrogen) atoms. The highest BCUT2D eigenvalue weighted by atomic mass is 32.2. The minimum Gasteiger partial charge on any atom is -0.486 e. The number of amides is 1. The van der Waals surface area contributed by atoms with Crippen LogP contribution < -0.4 is 18.9 Å². The van der Waals surface area contributed by atoms with Crippen LogP contribution in [-0.2, 0) is 14.8 Å². The molecule has 9 nitrogen and oxygen atoms in total. The van der Waals surface area contributed by atoms with Crippen molar-refractivity contribution in [3.05, 3.63) is 48.0 Å². The first-order chi connectivity index (χ1) is 15.5. The summed E-state index contributed by atoms with van der Waals surface area (Å²) in [7, 11) is -3.69. The average molecular weight is 458 g/mol. The van der Waals surface area contributed by atoms with E-state index in [2.05, 4.69) is 0 Å².